The van der Waals surface area contributed by atoms with Gasteiger partial charge in [-0.05, 0) is 82.2 Å². The fraction of sp³-hybridized carbons (Fsp3) is 0.500. The molecule has 3 aromatic rings. The van der Waals surface area contributed by atoms with Crippen LogP contribution < -0.4 is 34.3 Å². The Hall–Kier alpha value is -5.58. The van der Waals surface area contributed by atoms with Gasteiger partial charge < -0.3 is 39.2 Å². The first kappa shape index (κ1) is 41.6. The highest BCUT2D eigenvalue weighted by molar-refractivity contribution is 7.90. The van der Waals surface area contributed by atoms with Crippen LogP contribution in [-0.4, -0.2) is 97.6 Å². The number of pyridine rings is 1. The Morgan fingerprint density at radius 3 is 2.42 bits per heavy atom. The standard InChI is InChI=1S/C42H51N5O11S/c1-7-26-20-42(26,40(50)46-59(52,53)24(4)5)45-38(48)33-18-29(21-47(33)39(49)37(23(2)3)44-41(51)58-27-10-8-9-11-27)57-35-19-31(25-12-15-34-36(16-25)56-22-55-34)43-32-17-28(54-6)13-14-30(32)35/h7,12-17,19,23-24,26-27,29,33,37H,1,8-11,18,20-22H2,2-6H3,(H,44,51)(H,45,48)(H,46,50)/t26?,29-,33+,37+,42?/m1/s1. The molecule has 2 aliphatic heterocycles. The van der Waals surface area contributed by atoms with Crippen molar-refractivity contribution in [1.82, 2.24) is 25.2 Å². The molecule has 316 valence electrons. The smallest absolute Gasteiger partial charge is 0.408 e. The molecule has 17 heteroatoms. The van der Waals surface area contributed by atoms with E-state index in [1.54, 1.807) is 45.2 Å². The highest BCUT2D eigenvalue weighted by Gasteiger charge is 2.61. The summed E-state index contributed by atoms with van der Waals surface area (Å²) in [6.45, 7) is 10.2. The fourth-order valence-electron chi connectivity index (χ4n) is 7.85. The van der Waals surface area contributed by atoms with Gasteiger partial charge in [-0.3, -0.25) is 19.1 Å². The van der Waals surface area contributed by atoms with Crippen molar-refractivity contribution in [2.24, 2.45) is 11.8 Å². The summed E-state index contributed by atoms with van der Waals surface area (Å²) in [7, 11) is -2.48. The molecule has 59 heavy (non-hydrogen) atoms. The van der Waals surface area contributed by atoms with Gasteiger partial charge in [-0.1, -0.05) is 19.9 Å². The molecule has 7 rings (SSSR count). The van der Waals surface area contributed by atoms with Crippen LogP contribution in [0.2, 0.25) is 0 Å². The molecule has 2 aliphatic carbocycles. The number of amides is 4. The molecule has 3 heterocycles. The highest BCUT2D eigenvalue weighted by Crippen LogP contribution is 2.45. The van der Waals surface area contributed by atoms with Crippen molar-refractivity contribution in [2.45, 2.75) is 101 Å². The lowest BCUT2D eigenvalue weighted by Gasteiger charge is -2.31. The van der Waals surface area contributed by atoms with Crippen molar-refractivity contribution in [2.75, 3.05) is 20.4 Å². The molecule has 4 amide bonds. The van der Waals surface area contributed by atoms with Gasteiger partial charge in [0.15, 0.2) is 11.5 Å². The number of hydrogen-bond acceptors (Lipinski definition) is 12. The number of carbonyl (C=O) groups excluding carboxylic acids is 4. The summed E-state index contributed by atoms with van der Waals surface area (Å²) in [5.74, 6) is -0.910. The van der Waals surface area contributed by atoms with Crippen LogP contribution in [-0.2, 0) is 29.1 Å². The molecule has 1 saturated heterocycles. The summed E-state index contributed by atoms with van der Waals surface area (Å²) in [5.41, 5.74) is 0.240. The van der Waals surface area contributed by atoms with E-state index in [0.717, 1.165) is 31.2 Å². The summed E-state index contributed by atoms with van der Waals surface area (Å²) in [5, 5.41) is 5.28. The summed E-state index contributed by atoms with van der Waals surface area (Å²) in [6, 6.07) is 10.4. The largest absolute Gasteiger partial charge is 0.497 e. The third kappa shape index (κ3) is 8.61. The zero-order valence-electron chi connectivity index (χ0n) is 33.8. The van der Waals surface area contributed by atoms with Crippen molar-refractivity contribution in [3.8, 4) is 34.3 Å². The monoisotopic (exact) mass is 833 g/mol. The van der Waals surface area contributed by atoms with Crippen LogP contribution in [0.1, 0.15) is 66.2 Å². The quantitative estimate of drug-likeness (QED) is 0.191. The van der Waals surface area contributed by atoms with Crippen LogP contribution in [0.15, 0.2) is 55.1 Å². The van der Waals surface area contributed by atoms with Crippen LogP contribution in [0.25, 0.3) is 22.2 Å². The SMILES string of the molecule is C=CC1CC1(NC(=O)[C@@H]1C[C@@H](Oc2cc(-c3ccc4c(c3)OCO4)nc3cc(OC)ccc23)CN1C(=O)[C@@H](NC(=O)OC1CCCC1)C(C)C)C(=O)NS(=O)(=O)C(C)C. The van der Waals surface area contributed by atoms with Crippen molar-refractivity contribution in [3.05, 3.63) is 55.1 Å². The predicted octanol–water partition coefficient (Wildman–Crippen LogP) is 4.60. The van der Waals surface area contributed by atoms with Gasteiger partial charge in [0.1, 0.15) is 41.3 Å². The number of carbonyl (C=O) groups is 4. The van der Waals surface area contributed by atoms with Crippen molar-refractivity contribution in [1.29, 1.82) is 0 Å². The first-order valence-corrected chi connectivity index (χ1v) is 21.5. The molecular weight excluding hydrogens is 783 g/mol. The van der Waals surface area contributed by atoms with Gasteiger partial charge in [-0.15, -0.1) is 6.58 Å². The molecule has 3 fully saturated rings. The average Bonchev–Trinajstić information content (AvgIpc) is 3.62. The minimum absolute atomic E-state index is 0.00498. The van der Waals surface area contributed by atoms with E-state index in [4.69, 9.17) is 28.7 Å². The Labute approximate surface area is 343 Å². The molecule has 2 saturated carbocycles. The van der Waals surface area contributed by atoms with E-state index >= 15 is 0 Å². The number of benzene rings is 2. The van der Waals surface area contributed by atoms with Gasteiger partial charge in [-0.2, -0.15) is 0 Å². The van der Waals surface area contributed by atoms with E-state index < -0.39 is 74.7 Å². The van der Waals surface area contributed by atoms with Gasteiger partial charge in [0.05, 0.1) is 30.1 Å². The summed E-state index contributed by atoms with van der Waals surface area (Å²) in [4.78, 5) is 62.0. The molecule has 0 radical (unpaired) electrons. The third-order valence-corrected chi connectivity index (χ3v) is 13.2. The van der Waals surface area contributed by atoms with E-state index in [-0.39, 0.29) is 32.3 Å². The van der Waals surface area contributed by atoms with Crippen molar-refractivity contribution < 1.29 is 51.3 Å². The lowest BCUT2D eigenvalue weighted by molar-refractivity contribution is -0.141. The highest BCUT2D eigenvalue weighted by atomic mass is 32.2. The second kappa shape index (κ2) is 16.6. The summed E-state index contributed by atoms with van der Waals surface area (Å²) in [6.07, 6.45) is 3.26. The Morgan fingerprint density at radius 1 is 1.00 bits per heavy atom. The molecular formula is C42H51N5O11S. The molecule has 0 bridgehead atoms. The number of hydrogen-bond donors (Lipinski definition) is 3. The molecule has 4 aliphatic rings. The van der Waals surface area contributed by atoms with Crippen LogP contribution in [0, 0.1) is 11.8 Å². The molecule has 3 N–H and O–H groups in total. The number of likely N-dealkylation sites (tertiary alicyclic amines) is 1. The first-order chi connectivity index (χ1) is 28.1. The van der Waals surface area contributed by atoms with Gasteiger partial charge in [-0.25, -0.2) is 18.2 Å². The molecule has 2 aromatic carbocycles. The maximum atomic E-state index is 14.6. The molecule has 16 nitrogen and oxygen atoms in total. The van der Waals surface area contributed by atoms with Crippen LogP contribution in [0.3, 0.4) is 0 Å². The number of methoxy groups -OCH3 is 1. The maximum Gasteiger partial charge on any atom is 0.408 e. The lowest BCUT2D eigenvalue weighted by atomic mass is 10.0. The van der Waals surface area contributed by atoms with E-state index in [9.17, 15) is 27.6 Å². The Kier molecular flexibility index (Phi) is 11.7. The minimum atomic E-state index is -4.03. The number of sulfonamides is 1. The molecule has 0 spiro atoms. The molecule has 5 atom stereocenters. The van der Waals surface area contributed by atoms with Crippen molar-refractivity contribution >= 4 is 44.7 Å². The number of nitrogens with one attached hydrogen (secondary N) is 3. The zero-order chi connectivity index (χ0) is 42.2. The van der Waals surface area contributed by atoms with E-state index in [1.165, 1.54) is 24.8 Å². The van der Waals surface area contributed by atoms with Gasteiger partial charge in [0.25, 0.3) is 5.91 Å². The van der Waals surface area contributed by atoms with E-state index in [0.29, 0.717) is 39.6 Å². The fourth-order valence-corrected chi connectivity index (χ4v) is 8.52. The van der Waals surface area contributed by atoms with Crippen molar-refractivity contribution in [3.63, 3.8) is 0 Å². The number of ether oxygens (including phenoxy) is 5. The van der Waals surface area contributed by atoms with Gasteiger partial charge >= 0.3 is 6.09 Å². The van der Waals surface area contributed by atoms with Gasteiger partial charge in [0, 0.05) is 35.4 Å². The number of aromatic nitrogens is 1. The Morgan fingerprint density at radius 2 is 1.75 bits per heavy atom. The Balaban J connectivity index is 1.21. The zero-order valence-corrected chi connectivity index (χ0v) is 34.6. The third-order valence-electron chi connectivity index (χ3n) is 11.5. The van der Waals surface area contributed by atoms with Crippen LogP contribution in [0.5, 0.6) is 23.0 Å². The molecule has 1 aromatic heterocycles. The Bertz CT molecular complexity index is 2260. The predicted molar refractivity (Wildman–Crippen MR) is 216 cm³/mol. The summed E-state index contributed by atoms with van der Waals surface area (Å²) >= 11 is 0. The lowest BCUT2D eigenvalue weighted by Crippen LogP contribution is -2.59. The number of alkyl carbamates (subject to hydrolysis) is 1. The van der Waals surface area contributed by atoms with Gasteiger partial charge in [0.2, 0.25) is 28.6 Å². The minimum Gasteiger partial charge on any atom is -0.497 e. The average molecular weight is 834 g/mol. The maximum absolute atomic E-state index is 14.6. The number of rotatable bonds is 14. The number of nitrogens with zero attached hydrogens (tertiary/aromatic N) is 2. The van der Waals surface area contributed by atoms with E-state index in [1.807, 2.05) is 18.2 Å². The van der Waals surface area contributed by atoms with Crippen LogP contribution >= 0.6 is 0 Å². The second-order valence-corrected chi connectivity index (χ2v) is 18.4. The molecule has 2 unspecified atom stereocenters. The van der Waals surface area contributed by atoms with E-state index in [2.05, 4.69) is 21.9 Å². The number of fused-ring (bicyclic) bond motifs is 2. The first-order valence-electron chi connectivity index (χ1n) is 20.0. The van der Waals surface area contributed by atoms with Crippen LogP contribution in [0.4, 0.5) is 4.79 Å². The normalized spacial score (nSPS) is 22.9. The summed E-state index contributed by atoms with van der Waals surface area (Å²) < 4.78 is 56.5. The topological polar surface area (TPSA) is 201 Å². The second-order valence-electron chi connectivity index (χ2n) is 16.1.